The molecule has 108 valence electrons. The highest BCUT2D eigenvalue weighted by Crippen LogP contribution is 2.14. The van der Waals surface area contributed by atoms with E-state index in [9.17, 15) is 0 Å². The minimum absolute atomic E-state index is 0.790. The topological polar surface area (TPSA) is 24.5 Å². The molecule has 0 unspecified atom stereocenters. The van der Waals surface area contributed by atoms with E-state index in [1.165, 1.54) is 24.9 Å². The van der Waals surface area contributed by atoms with Gasteiger partial charge in [0.15, 0.2) is 0 Å². The third kappa shape index (κ3) is 7.19. The Morgan fingerprint density at radius 2 is 1.79 bits per heavy atom. The molecule has 0 amide bonds. The summed E-state index contributed by atoms with van der Waals surface area (Å²) in [6, 6.07) is 10.7. The number of rotatable bonds is 11. The summed E-state index contributed by atoms with van der Waals surface area (Å²) in [7, 11) is 1.74. The van der Waals surface area contributed by atoms with Crippen LogP contribution in [0.1, 0.15) is 26.2 Å². The van der Waals surface area contributed by atoms with Gasteiger partial charge in [0.25, 0.3) is 0 Å². The molecule has 0 saturated heterocycles. The van der Waals surface area contributed by atoms with Crippen LogP contribution in [0.2, 0.25) is 0 Å². The molecule has 0 fully saturated rings. The molecule has 19 heavy (non-hydrogen) atoms. The zero-order valence-corrected chi connectivity index (χ0v) is 12.4. The van der Waals surface area contributed by atoms with E-state index < -0.39 is 0 Å². The molecule has 0 saturated carbocycles. The number of methoxy groups -OCH3 is 1. The number of hydrogen-bond acceptors (Lipinski definition) is 3. The predicted molar refractivity (Wildman–Crippen MR) is 82.9 cm³/mol. The summed E-state index contributed by atoms with van der Waals surface area (Å²) in [6.07, 6.45) is 3.67. The van der Waals surface area contributed by atoms with Crippen molar-refractivity contribution in [1.29, 1.82) is 0 Å². The summed E-state index contributed by atoms with van der Waals surface area (Å²) in [4.78, 5) is 2.49. The quantitative estimate of drug-likeness (QED) is 0.622. The lowest BCUT2D eigenvalue weighted by Gasteiger charge is -2.24. The van der Waals surface area contributed by atoms with Crippen LogP contribution in [0.15, 0.2) is 30.3 Å². The fourth-order valence-electron chi connectivity index (χ4n) is 2.05. The lowest BCUT2D eigenvalue weighted by molar-refractivity contribution is 0.199. The molecule has 1 aromatic carbocycles. The Bertz CT molecular complexity index is 303. The fourth-order valence-corrected chi connectivity index (χ4v) is 2.05. The van der Waals surface area contributed by atoms with Crippen LogP contribution >= 0.6 is 0 Å². The Hall–Kier alpha value is -1.06. The Kier molecular flexibility index (Phi) is 9.11. The second kappa shape index (κ2) is 10.8. The van der Waals surface area contributed by atoms with Crippen LogP contribution < -0.4 is 10.2 Å². The Morgan fingerprint density at radius 1 is 1.05 bits per heavy atom. The molecule has 0 heterocycles. The van der Waals surface area contributed by atoms with E-state index in [-0.39, 0.29) is 0 Å². The summed E-state index contributed by atoms with van der Waals surface area (Å²) in [5.41, 5.74) is 1.34. The van der Waals surface area contributed by atoms with Crippen molar-refractivity contribution in [3.63, 3.8) is 0 Å². The van der Waals surface area contributed by atoms with Crippen molar-refractivity contribution in [2.24, 2.45) is 0 Å². The summed E-state index contributed by atoms with van der Waals surface area (Å²) < 4.78 is 5.02. The van der Waals surface area contributed by atoms with Crippen molar-refractivity contribution < 1.29 is 4.74 Å². The van der Waals surface area contributed by atoms with Gasteiger partial charge in [-0.3, -0.25) is 0 Å². The second-order valence-corrected chi connectivity index (χ2v) is 4.77. The van der Waals surface area contributed by atoms with Crippen molar-refractivity contribution >= 4 is 5.69 Å². The summed E-state index contributed by atoms with van der Waals surface area (Å²) in [5, 5.41) is 3.40. The Labute approximate surface area is 118 Å². The smallest absolute Gasteiger partial charge is 0.0587 e. The van der Waals surface area contributed by atoms with E-state index in [4.69, 9.17) is 4.74 Å². The van der Waals surface area contributed by atoms with Gasteiger partial charge in [0, 0.05) is 32.4 Å². The van der Waals surface area contributed by atoms with Gasteiger partial charge in [0.05, 0.1) is 6.61 Å². The molecule has 0 bridgehead atoms. The molecule has 0 atom stereocenters. The van der Waals surface area contributed by atoms with Crippen LogP contribution in [0.4, 0.5) is 5.69 Å². The van der Waals surface area contributed by atoms with Gasteiger partial charge < -0.3 is 15.0 Å². The van der Waals surface area contributed by atoms with Crippen LogP contribution in [0.3, 0.4) is 0 Å². The van der Waals surface area contributed by atoms with Gasteiger partial charge in [0.2, 0.25) is 0 Å². The average molecular weight is 264 g/mol. The van der Waals surface area contributed by atoms with E-state index in [0.717, 1.165) is 32.8 Å². The number of benzene rings is 1. The zero-order valence-electron chi connectivity index (χ0n) is 12.4. The first-order chi connectivity index (χ1) is 9.38. The number of hydrogen-bond donors (Lipinski definition) is 1. The number of ether oxygens (including phenoxy) is 1. The fraction of sp³-hybridized carbons (Fsp3) is 0.625. The van der Waals surface area contributed by atoms with Crippen molar-refractivity contribution in [2.75, 3.05) is 44.8 Å². The maximum atomic E-state index is 5.02. The molecule has 0 radical (unpaired) electrons. The highest BCUT2D eigenvalue weighted by molar-refractivity contribution is 5.45. The molecule has 0 aliphatic rings. The van der Waals surface area contributed by atoms with E-state index in [1.54, 1.807) is 7.11 Å². The van der Waals surface area contributed by atoms with Gasteiger partial charge in [-0.05, 0) is 31.5 Å². The van der Waals surface area contributed by atoms with Crippen LogP contribution in [-0.2, 0) is 4.74 Å². The number of unbranched alkanes of at least 4 members (excludes halogenated alkanes) is 1. The lowest BCUT2D eigenvalue weighted by atomic mass is 10.2. The number of para-hydroxylation sites is 1. The van der Waals surface area contributed by atoms with Gasteiger partial charge >= 0.3 is 0 Å². The van der Waals surface area contributed by atoms with E-state index in [2.05, 4.69) is 47.5 Å². The number of nitrogens with zero attached hydrogens (tertiary/aromatic N) is 1. The first-order valence-corrected chi connectivity index (χ1v) is 7.38. The van der Waals surface area contributed by atoms with Gasteiger partial charge in [-0.15, -0.1) is 0 Å². The largest absolute Gasteiger partial charge is 0.383 e. The normalized spacial score (nSPS) is 10.6. The minimum atomic E-state index is 0.790. The van der Waals surface area contributed by atoms with Crippen molar-refractivity contribution in [3.05, 3.63) is 30.3 Å². The molecule has 0 aromatic heterocycles. The van der Waals surface area contributed by atoms with Crippen LogP contribution in [0.25, 0.3) is 0 Å². The molecule has 0 spiro atoms. The molecule has 1 N–H and O–H groups in total. The van der Waals surface area contributed by atoms with E-state index in [1.807, 2.05) is 0 Å². The molecule has 1 rings (SSSR count). The van der Waals surface area contributed by atoms with Crippen molar-refractivity contribution in [2.45, 2.75) is 26.2 Å². The van der Waals surface area contributed by atoms with E-state index in [0.29, 0.717) is 0 Å². The highest BCUT2D eigenvalue weighted by Gasteiger charge is 2.04. The molecule has 3 heteroatoms. The monoisotopic (exact) mass is 264 g/mol. The standard InChI is InChI=1S/C16H28N2O/c1-3-4-13-18(16-9-6-5-7-10-16)14-8-11-17-12-15-19-2/h5-7,9-10,17H,3-4,8,11-15H2,1-2H3. The Morgan fingerprint density at radius 3 is 2.47 bits per heavy atom. The number of nitrogens with one attached hydrogen (secondary N) is 1. The zero-order chi connectivity index (χ0) is 13.8. The average Bonchev–Trinajstić information content (AvgIpc) is 2.46. The molecular formula is C16H28N2O. The third-order valence-electron chi connectivity index (χ3n) is 3.17. The second-order valence-electron chi connectivity index (χ2n) is 4.77. The summed E-state index contributed by atoms with van der Waals surface area (Å²) in [5.74, 6) is 0. The maximum Gasteiger partial charge on any atom is 0.0587 e. The first kappa shape index (κ1) is 16.0. The Balaban J connectivity index is 2.30. The van der Waals surface area contributed by atoms with E-state index >= 15 is 0 Å². The van der Waals surface area contributed by atoms with Gasteiger partial charge in [-0.2, -0.15) is 0 Å². The summed E-state index contributed by atoms with van der Waals surface area (Å²) >= 11 is 0. The molecule has 0 aliphatic heterocycles. The molecule has 3 nitrogen and oxygen atoms in total. The molecule has 1 aromatic rings. The highest BCUT2D eigenvalue weighted by atomic mass is 16.5. The predicted octanol–water partition coefficient (Wildman–Crippen LogP) is 2.92. The first-order valence-electron chi connectivity index (χ1n) is 7.38. The van der Waals surface area contributed by atoms with Crippen LogP contribution in [0.5, 0.6) is 0 Å². The van der Waals surface area contributed by atoms with Gasteiger partial charge in [-0.25, -0.2) is 0 Å². The van der Waals surface area contributed by atoms with Crippen LogP contribution in [0, 0.1) is 0 Å². The third-order valence-corrected chi connectivity index (χ3v) is 3.17. The maximum absolute atomic E-state index is 5.02. The lowest BCUT2D eigenvalue weighted by Crippen LogP contribution is -2.29. The summed E-state index contributed by atoms with van der Waals surface area (Å²) in [6.45, 7) is 7.30. The minimum Gasteiger partial charge on any atom is -0.383 e. The van der Waals surface area contributed by atoms with Gasteiger partial charge in [0.1, 0.15) is 0 Å². The van der Waals surface area contributed by atoms with Crippen LogP contribution in [-0.4, -0.2) is 39.9 Å². The van der Waals surface area contributed by atoms with Crippen molar-refractivity contribution in [3.8, 4) is 0 Å². The number of anilines is 1. The molecule has 0 aliphatic carbocycles. The SMILES string of the molecule is CCCCN(CCCNCCOC)c1ccccc1. The van der Waals surface area contributed by atoms with Gasteiger partial charge in [-0.1, -0.05) is 31.5 Å². The van der Waals surface area contributed by atoms with Crippen molar-refractivity contribution in [1.82, 2.24) is 5.32 Å². The molecular weight excluding hydrogens is 236 g/mol.